The molecule has 2 unspecified atom stereocenters. The van der Waals surface area contributed by atoms with Crippen molar-refractivity contribution >= 4 is 5.97 Å². The Labute approximate surface area is 115 Å². The Morgan fingerprint density at radius 1 is 1.42 bits per heavy atom. The molecule has 1 aromatic carbocycles. The van der Waals surface area contributed by atoms with Crippen molar-refractivity contribution in [3.63, 3.8) is 0 Å². The number of aryl methyl sites for hydroxylation is 1. The molecule has 0 saturated carbocycles. The zero-order valence-corrected chi connectivity index (χ0v) is 11.8. The number of piperidine rings is 1. The van der Waals surface area contributed by atoms with Crippen molar-refractivity contribution in [1.82, 2.24) is 4.90 Å². The van der Waals surface area contributed by atoms with E-state index in [4.69, 9.17) is 0 Å². The zero-order chi connectivity index (χ0) is 13.8. The van der Waals surface area contributed by atoms with Crippen LogP contribution in [0.15, 0.2) is 24.3 Å². The fraction of sp³-hybridized carbons (Fsp3) is 0.562. The molecular weight excluding hydrogens is 238 g/mol. The first kappa shape index (κ1) is 14.1. The molecule has 1 fully saturated rings. The highest BCUT2D eigenvalue weighted by Gasteiger charge is 2.29. The van der Waals surface area contributed by atoms with Gasteiger partial charge in [-0.1, -0.05) is 36.8 Å². The maximum absolute atomic E-state index is 11.2. The average molecular weight is 261 g/mol. The first-order valence-electron chi connectivity index (χ1n) is 7.15. The number of carboxylic acids is 1. The SMILES string of the molecule is CCC(c1ccc(C)cc1)N1CCCC(C(=O)O)C1. The minimum atomic E-state index is -0.650. The van der Waals surface area contributed by atoms with Crippen LogP contribution in [0.5, 0.6) is 0 Å². The molecule has 2 atom stereocenters. The Morgan fingerprint density at radius 2 is 2.11 bits per heavy atom. The lowest BCUT2D eigenvalue weighted by molar-refractivity contribution is -0.144. The van der Waals surface area contributed by atoms with E-state index in [2.05, 4.69) is 43.0 Å². The smallest absolute Gasteiger partial charge is 0.307 e. The molecule has 0 aromatic heterocycles. The minimum Gasteiger partial charge on any atom is -0.481 e. The molecule has 1 heterocycles. The first-order valence-corrected chi connectivity index (χ1v) is 7.15. The number of benzene rings is 1. The van der Waals surface area contributed by atoms with E-state index in [0.29, 0.717) is 12.6 Å². The minimum absolute atomic E-state index is 0.201. The van der Waals surface area contributed by atoms with Crippen molar-refractivity contribution in [2.45, 2.75) is 39.2 Å². The molecular formula is C16H23NO2. The van der Waals surface area contributed by atoms with Gasteiger partial charge < -0.3 is 5.11 Å². The molecule has 1 N–H and O–H groups in total. The van der Waals surface area contributed by atoms with Crippen LogP contribution in [0, 0.1) is 12.8 Å². The molecule has 0 amide bonds. The number of likely N-dealkylation sites (tertiary alicyclic amines) is 1. The van der Waals surface area contributed by atoms with Gasteiger partial charge in [-0.05, 0) is 38.3 Å². The molecule has 0 spiro atoms. The van der Waals surface area contributed by atoms with Gasteiger partial charge in [0.05, 0.1) is 5.92 Å². The van der Waals surface area contributed by atoms with E-state index in [0.717, 1.165) is 25.8 Å². The van der Waals surface area contributed by atoms with Crippen molar-refractivity contribution in [1.29, 1.82) is 0 Å². The summed E-state index contributed by atoms with van der Waals surface area (Å²) in [5, 5.41) is 9.19. The molecule has 0 radical (unpaired) electrons. The van der Waals surface area contributed by atoms with Gasteiger partial charge in [-0.25, -0.2) is 0 Å². The summed E-state index contributed by atoms with van der Waals surface area (Å²) in [7, 11) is 0. The number of nitrogens with zero attached hydrogens (tertiary/aromatic N) is 1. The van der Waals surface area contributed by atoms with Crippen LogP contribution in [-0.2, 0) is 4.79 Å². The molecule has 3 nitrogen and oxygen atoms in total. The van der Waals surface area contributed by atoms with Crippen LogP contribution in [0.4, 0.5) is 0 Å². The Bertz CT molecular complexity index is 427. The highest BCUT2D eigenvalue weighted by Crippen LogP contribution is 2.29. The van der Waals surface area contributed by atoms with Gasteiger partial charge in [0.2, 0.25) is 0 Å². The normalized spacial score (nSPS) is 22.1. The van der Waals surface area contributed by atoms with Gasteiger partial charge in [-0.3, -0.25) is 9.69 Å². The second kappa shape index (κ2) is 6.20. The number of carbonyl (C=O) groups is 1. The Morgan fingerprint density at radius 3 is 2.68 bits per heavy atom. The summed E-state index contributed by atoms with van der Waals surface area (Å²) in [5.74, 6) is -0.850. The second-order valence-electron chi connectivity index (χ2n) is 5.51. The predicted octanol–water partition coefficient (Wildman–Crippen LogP) is 3.24. The lowest BCUT2D eigenvalue weighted by Crippen LogP contribution is -2.40. The summed E-state index contributed by atoms with van der Waals surface area (Å²) in [4.78, 5) is 13.5. The molecule has 1 aliphatic heterocycles. The van der Waals surface area contributed by atoms with Crippen molar-refractivity contribution in [2.24, 2.45) is 5.92 Å². The summed E-state index contributed by atoms with van der Waals surface area (Å²) >= 11 is 0. The average Bonchev–Trinajstić information content (AvgIpc) is 2.42. The van der Waals surface area contributed by atoms with Gasteiger partial charge >= 0.3 is 5.97 Å². The summed E-state index contributed by atoms with van der Waals surface area (Å²) in [6.07, 6.45) is 2.82. The first-order chi connectivity index (χ1) is 9.11. The number of carboxylic acid groups (broad SMARTS) is 1. The largest absolute Gasteiger partial charge is 0.481 e. The number of hydrogen-bond acceptors (Lipinski definition) is 2. The summed E-state index contributed by atoms with van der Waals surface area (Å²) in [6, 6.07) is 8.97. The van der Waals surface area contributed by atoms with Crippen LogP contribution in [-0.4, -0.2) is 29.1 Å². The van der Waals surface area contributed by atoms with Gasteiger partial charge in [-0.15, -0.1) is 0 Å². The van der Waals surface area contributed by atoms with Crippen LogP contribution >= 0.6 is 0 Å². The molecule has 0 bridgehead atoms. The third-order valence-electron chi connectivity index (χ3n) is 4.09. The Kier molecular flexibility index (Phi) is 4.59. The molecule has 3 heteroatoms. The van der Waals surface area contributed by atoms with Crippen LogP contribution in [0.2, 0.25) is 0 Å². The zero-order valence-electron chi connectivity index (χ0n) is 11.8. The standard InChI is InChI=1S/C16H23NO2/c1-3-15(13-8-6-12(2)7-9-13)17-10-4-5-14(11-17)16(18)19/h6-9,14-15H,3-5,10-11H2,1-2H3,(H,18,19). The van der Waals surface area contributed by atoms with Crippen LogP contribution < -0.4 is 0 Å². The van der Waals surface area contributed by atoms with E-state index in [1.165, 1.54) is 11.1 Å². The van der Waals surface area contributed by atoms with E-state index >= 15 is 0 Å². The molecule has 19 heavy (non-hydrogen) atoms. The van der Waals surface area contributed by atoms with E-state index in [1.807, 2.05) is 0 Å². The lowest BCUT2D eigenvalue weighted by atomic mass is 9.93. The van der Waals surface area contributed by atoms with Gasteiger partial charge in [-0.2, -0.15) is 0 Å². The molecule has 1 saturated heterocycles. The molecule has 1 aliphatic rings. The highest BCUT2D eigenvalue weighted by molar-refractivity contribution is 5.70. The highest BCUT2D eigenvalue weighted by atomic mass is 16.4. The van der Waals surface area contributed by atoms with Crippen LogP contribution in [0.25, 0.3) is 0 Å². The Balaban J connectivity index is 2.12. The van der Waals surface area contributed by atoms with Gasteiger partial charge in [0.1, 0.15) is 0 Å². The molecule has 2 rings (SSSR count). The van der Waals surface area contributed by atoms with Crippen LogP contribution in [0.3, 0.4) is 0 Å². The fourth-order valence-electron chi connectivity index (χ4n) is 2.98. The van der Waals surface area contributed by atoms with Crippen molar-refractivity contribution in [3.8, 4) is 0 Å². The number of rotatable bonds is 4. The monoisotopic (exact) mass is 261 g/mol. The van der Waals surface area contributed by atoms with Gasteiger partial charge in [0.25, 0.3) is 0 Å². The van der Waals surface area contributed by atoms with Crippen molar-refractivity contribution in [3.05, 3.63) is 35.4 Å². The van der Waals surface area contributed by atoms with E-state index in [9.17, 15) is 9.90 Å². The van der Waals surface area contributed by atoms with E-state index < -0.39 is 5.97 Å². The van der Waals surface area contributed by atoms with Gasteiger partial charge in [0.15, 0.2) is 0 Å². The maximum atomic E-state index is 11.2. The third-order valence-corrected chi connectivity index (χ3v) is 4.09. The lowest BCUT2D eigenvalue weighted by Gasteiger charge is -2.37. The fourth-order valence-corrected chi connectivity index (χ4v) is 2.98. The summed E-state index contributed by atoms with van der Waals surface area (Å²) in [6.45, 7) is 5.96. The molecule has 104 valence electrons. The quantitative estimate of drug-likeness (QED) is 0.904. The van der Waals surface area contributed by atoms with Crippen molar-refractivity contribution in [2.75, 3.05) is 13.1 Å². The number of aliphatic carboxylic acids is 1. The Hall–Kier alpha value is -1.35. The van der Waals surface area contributed by atoms with E-state index in [1.54, 1.807) is 0 Å². The second-order valence-corrected chi connectivity index (χ2v) is 5.51. The van der Waals surface area contributed by atoms with Crippen LogP contribution in [0.1, 0.15) is 43.4 Å². The third kappa shape index (κ3) is 3.35. The maximum Gasteiger partial charge on any atom is 0.307 e. The molecule has 0 aliphatic carbocycles. The van der Waals surface area contributed by atoms with Gasteiger partial charge in [0, 0.05) is 12.6 Å². The number of hydrogen-bond donors (Lipinski definition) is 1. The summed E-state index contributed by atoms with van der Waals surface area (Å²) < 4.78 is 0. The predicted molar refractivity (Wildman–Crippen MR) is 76.1 cm³/mol. The van der Waals surface area contributed by atoms with E-state index in [-0.39, 0.29) is 5.92 Å². The molecule has 1 aromatic rings. The topological polar surface area (TPSA) is 40.5 Å². The summed E-state index contributed by atoms with van der Waals surface area (Å²) in [5.41, 5.74) is 2.57. The van der Waals surface area contributed by atoms with Crippen molar-refractivity contribution < 1.29 is 9.90 Å².